The van der Waals surface area contributed by atoms with Crippen molar-refractivity contribution in [3.8, 4) is 5.75 Å². The molecule has 3 fully saturated rings. The zero-order valence-electron chi connectivity index (χ0n) is 14.1. The van der Waals surface area contributed by atoms with Crippen LogP contribution in [0.25, 0.3) is 0 Å². The summed E-state index contributed by atoms with van der Waals surface area (Å²) in [5, 5.41) is 0. The molecular formula is C18H26N2O3S. The van der Waals surface area contributed by atoms with E-state index in [-0.39, 0.29) is 0 Å². The Bertz CT molecular complexity index is 656. The van der Waals surface area contributed by atoms with Crippen LogP contribution < -0.4 is 4.74 Å². The van der Waals surface area contributed by atoms with Crippen LogP contribution in [0.3, 0.4) is 0 Å². The number of benzene rings is 1. The van der Waals surface area contributed by atoms with E-state index in [1.807, 2.05) is 0 Å². The van der Waals surface area contributed by atoms with Crippen LogP contribution in [0.5, 0.6) is 5.75 Å². The van der Waals surface area contributed by atoms with Gasteiger partial charge in [-0.1, -0.05) is 0 Å². The minimum Gasteiger partial charge on any atom is -0.490 e. The molecule has 4 rings (SSSR count). The largest absolute Gasteiger partial charge is 0.490 e. The van der Waals surface area contributed by atoms with Crippen LogP contribution in [0, 0.1) is 0 Å². The molecule has 6 heteroatoms. The molecule has 2 aliphatic carbocycles. The quantitative estimate of drug-likeness (QED) is 0.819. The molecule has 5 nitrogen and oxygen atoms in total. The normalized spacial score (nSPS) is 24.3. The number of hydrogen-bond acceptors (Lipinski definition) is 4. The van der Waals surface area contributed by atoms with Gasteiger partial charge in [0.15, 0.2) is 0 Å². The number of sulfonamides is 1. The lowest BCUT2D eigenvalue weighted by atomic mass is 10.3. The Morgan fingerprint density at radius 1 is 0.875 bits per heavy atom. The molecule has 1 heterocycles. The summed E-state index contributed by atoms with van der Waals surface area (Å²) in [5.41, 5.74) is 0. The van der Waals surface area contributed by atoms with Gasteiger partial charge in [0.1, 0.15) is 5.75 Å². The van der Waals surface area contributed by atoms with Crippen LogP contribution in [0.15, 0.2) is 29.2 Å². The highest BCUT2D eigenvalue weighted by Gasteiger charge is 2.34. The van der Waals surface area contributed by atoms with Gasteiger partial charge < -0.3 is 4.74 Å². The molecule has 24 heavy (non-hydrogen) atoms. The van der Waals surface area contributed by atoms with E-state index >= 15 is 0 Å². The van der Waals surface area contributed by atoms with Crippen LogP contribution in [0.4, 0.5) is 0 Å². The van der Waals surface area contributed by atoms with Gasteiger partial charge in [-0.25, -0.2) is 8.42 Å². The van der Waals surface area contributed by atoms with Gasteiger partial charge in [0.2, 0.25) is 10.0 Å². The van der Waals surface area contributed by atoms with Crippen molar-refractivity contribution in [2.24, 2.45) is 0 Å². The number of hydrogen-bond donors (Lipinski definition) is 0. The highest BCUT2D eigenvalue weighted by atomic mass is 32.2. The highest BCUT2D eigenvalue weighted by molar-refractivity contribution is 7.89. The van der Waals surface area contributed by atoms with E-state index in [1.165, 1.54) is 25.7 Å². The molecule has 1 aromatic carbocycles. The lowest BCUT2D eigenvalue weighted by Gasteiger charge is -2.34. The molecule has 1 saturated heterocycles. The highest BCUT2D eigenvalue weighted by Crippen LogP contribution is 2.29. The van der Waals surface area contributed by atoms with Gasteiger partial charge in [-0.3, -0.25) is 4.90 Å². The molecule has 0 radical (unpaired) electrons. The molecule has 3 aliphatic rings. The first-order valence-electron chi connectivity index (χ1n) is 9.14. The molecule has 0 aromatic heterocycles. The van der Waals surface area contributed by atoms with Gasteiger partial charge in [0, 0.05) is 32.2 Å². The minimum absolute atomic E-state index is 0.294. The summed E-state index contributed by atoms with van der Waals surface area (Å²) in [6, 6.07) is 7.68. The third-order valence-corrected chi connectivity index (χ3v) is 7.32. The number of piperazine rings is 1. The molecule has 1 aromatic rings. The van der Waals surface area contributed by atoms with E-state index in [9.17, 15) is 8.42 Å². The Hall–Kier alpha value is -1.11. The summed E-state index contributed by atoms with van der Waals surface area (Å²) in [7, 11) is -3.38. The molecule has 132 valence electrons. The van der Waals surface area contributed by atoms with Gasteiger partial charge in [-0.2, -0.15) is 4.31 Å². The van der Waals surface area contributed by atoms with E-state index in [2.05, 4.69) is 4.90 Å². The number of rotatable bonds is 5. The first kappa shape index (κ1) is 16.4. The molecule has 0 spiro atoms. The van der Waals surface area contributed by atoms with Crippen molar-refractivity contribution in [1.82, 2.24) is 9.21 Å². The average molecular weight is 350 g/mol. The van der Waals surface area contributed by atoms with Crippen molar-refractivity contribution in [3.63, 3.8) is 0 Å². The second-order valence-corrected chi connectivity index (χ2v) is 9.10. The lowest BCUT2D eigenvalue weighted by molar-refractivity contribution is 0.180. The number of ether oxygens (including phenoxy) is 1. The molecule has 2 saturated carbocycles. The van der Waals surface area contributed by atoms with E-state index < -0.39 is 10.0 Å². The average Bonchev–Trinajstić information content (AvgIpc) is 3.33. The Morgan fingerprint density at radius 3 is 2.08 bits per heavy atom. The zero-order chi connectivity index (χ0) is 16.6. The van der Waals surface area contributed by atoms with Crippen LogP contribution in [-0.2, 0) is 10.0 Å². The van der Waals surface area contributed by atoms with Crippen LogP contribution in [0.2, 0.25) is 0 Å². The standard InChI is InChI=1S/C18H26N2O3S/c21-24(22,20-13-11-19(12-14-20)15-5-6-15)18-9-7-17(8-10-18)23-16-3-1-2-4-16/h7-10,15-16H,1-6,11-14H2. The predicted octanol–water partition coefficient (Wildman–Crippen LogP) is 2.48. The second-order valence-electron chi connectivity index (χ2n) is 7.17. The fourth-order valence-corrected chi connectivity index (χ4v) is 5.21. The first-order chi connectivity index (χ1) is 11.6. The van der Waals surface area contributed by atoms with Gasteiger partial charge in [-0.05, 0) is 62.8 Å². The maximum atomic E-state index is 12.8. The number of nitrogens with zero attached hydrogens (tertiary/aromatic N) is 2. The van der Waals surface area contributed by atoms with Crippen LogP contribution in [-0.4, -0.2) is 55.9 Å². The van der Waals surface area contributed by atoms with Gasteiger partial charge in [-0.15, -0.1) is 0 Å². The fraction of sp³-hybridized carbons (Fsp3) is 0.667. The lowest BCUT2D eigenvalue weighted by Crippen LogP contribution is -2.49. The molecule has 0 N–H and O–H groups in total. The van der Waals surface area contributed by atoms with Crippen molar-refractivity contribution in [3.05, 3.63) is 24.3 Å². The van der Waals surface area contributed by atoms with Crippen molar-refractivity contribution >= 4 is 10.0 Å². The van der Waals surface area contributed by atoms with Gasteiger partial charge in [0.05, 0.1) is 11.0 Å². The zero-order valence-corrected chi connectivity index (χ0v) is 14.9. The summed E-state index contributed by atoms with van der Waals surface area (Å²) in [5.74, 6) is 0.777. The van der Waals surface area contributed by atoms with Crippen molar-refractivity contribution in [2.45, 2.75) is 55.6 Å². The Kier molecular flexibility index (Phi) is 4.54. The van der Waals surface area contributed by atoms with E-state index in [0.29, 0.717) is 30.1 Å². The maximum absolute atomic E-state index is 12.8. The van der Waals surface area contributed by atoms with E-state index in [1.54, 1.807) is 28.6 Å². The fourth-order valence-electron chi connectivity index (χ4n) is 3.79. The predicted molar refractivity (Wildman–Crippen MR) is 92.7 cm³/mol. The summed E-state index contributed by atoms with van der Waals surface area (Å²) in [6.07, 6.45) is 7.50. The van der Waals surface area contributed by atoms with Crippen LogP contribution >= 0.6 is 0 Å². The third kappa shape index (κ3) is 3.46. The second kappa shape index (κ2) is 6.65. The topological polar surface area (TPSA) is 49.9 Å². The smallest absolute Gasteiger partial charge is 0.243 e. The summed E-state index contributed by atoms with van der Waals surface area (Å²) in [6.45, 7) is 2.90. The summed E-state index contributed by atoms with van der Waals surface area (Å²) >= 11 is 0. The van der Waals surface area contributed by atoms with Crippen molar-refractivity contribution in [2.75, 3.05) is 26.2 Å². The molecule has 0 atom stereocenters. The Balaban J connectivity index is 1.40. The molecule has 0 bridgehead atoms. The van der Waals surface area contributed by atoms with Gasteiger partial charge >= 0.3 is 0 Å². The molecule has 0 unspecified atom stereocenters. The Labute approximate surface area is 144 Å². The Morgan fingerprint density at radius 2 is 1.50 bits per heavy atom. The van der Waals surface area contributed by atoms with Gasteiger partial charge in [0.25, 0.3) is 0 Å². The third-order valence-electron chi connectivity index (χ3n) is 5.40. The minimum atomic E-state index is -3.38. The molecule has 1 aliphatic heterocycles. The molecular weight excluding hydrogens is 324 g/mol. The summed E-state index contributed by atoms with van der Waals surface area (Å²) < 4.78 is 33.1. The van der Waals surface area contributed by atoms with Crippen molar-refractivity contribution < 1.29 is 13.2 Å². The van der Waals surface area contributed by atoms with Crippen LogP contribution in [0.1, 0.15) is 38.5 Å². The SMILES string of the molecule is O=S(=O)(c1ccc(OC2CCCC2)cc1)N1CCN(C2CC2)CC1. The van der Waals surface area contributed by atoms with Crippen molar-refractivity contribution in [1.29, 1.82) is 0 Å². The molecule has 0 amide bonds. The van der Waals surface area contributed by atoms with E-state index in [4.69, 9.17) is 4.74 Å². The maximum Gasteiger partial charge on any atom is 0.243 e. The monoisotopic (exact) mass is 350 g/mol. The first-order valence-corrected chi connectivity index (χ1v) is 10.6. The van der Waals surface area contributed by atoms with E-state index in [0.717, 1.165) is 31.7 Å². The summed E-state index contributed by atoms with van der Waals surface area (Å²) in [4.78, 5) is 2.80.